The average Bonchev–Trinajstić information content (AvgIpc) is 3.46. The summed E-state index contributed by atoms with van der Waals surface area (Å²) in [7, 11) is 2.21. The van der Waals surface area contributed by atoms with Gasteiger partial charge < -0.3 is 8.97 Å². The van der Waals surface area contributed by atoms with Crippen molar-refractivity contribution in [3.05, 3.63) is 77.2 Å². The van der Waals surface area contributed by atoms with Gasteiger partial charge in [0.1, 0.15) is 0 Å². The van der Waals surface area contributed by atoms with E-state index in [1.807, 2.05) is 11.3 Å². The molecular weight excluding hydrogens is 396 g/mol. The molecule has 0 aliphatic heterocycles. The standard InChI is InChI=1S/C28H20N2S/c1-28(2)18-9-5-4-7-15(18)26-24(28)16-8-6-10-19-22(16)23-20(29(19)3)12-11-17-25(23)30(26)21-13-14-31-27(17)21/h4-14H,1-3H3. The second-order valence-electron chi connectivity index (χ2n) is 9.48. The molecule has 0 saturated carbocycles. The van der Waals surface area contributed by atoms with Crippen LogP contribution in [0.1, 0.15) is 25.0 Å². The van der Waals surface area contributed by atoms with Crippen LogP contribution in [-0.2, 0) is 12.5 Å². The second kappa shape index (κ2) is 4.95. The maximum Gasteiger partial charge on any atom is 0.0650 e. The lowest BCUT2D eigenvalue weighted by molar-refractivity contribution is 0.665. The van der Waals surface area contributed by atoms with Gasteiger partial charge in [-0.05, 0) is 46.2 Å². The van der Waals surface area contributed by atoms with Gasteiger partial charge in [-0.1, -0.05) is 50.2 Å². The highest BCUT2D eigenvalue weighted by Crippen LogP contribution is 2.54. The van der Waals surface area contributed by atoms with Gasteiger partial charge in [-0.15, -0.1) is 11.3 Å². The highest BCUT2D eigenvalue weighted by Gasteiger charge is 2.39. The first kappa shape index (κ1) is 16.4. The molecule has 1 aliphatic carbocycles. The van der Waals surface area contributed by atoms with Gasteiger partial charge in [0.15, 0.2) is 0 Å². The summed E-state index contributed by atoms with van der Waals surface area (Å²) in [5.41, 5.74) is 10.9. The van der Waals surface area contributed by atoms with E-state index in [0.29, 0.717) is 0 Å². The van der Waals surface area contributed by atoms with Crippen molar-refractivity contribution in [3.63, 3.8) is 0 Å². The van der Waals surface area contributed by atoms with Crippen LogP contribution >= 0.6 is 11.3 Å². The fourth-order valence-electron chi connectivity index (χ4n) is 6.47. The summed E-state index contributed by atoms with van der Waals surface area (Å²) in [5, 5.41) is 7.80. The van der Waals surface area contributed by atoms with Crippen LogP contribution in [0.5, 0.6) is 0 Å². The molecular formula is C28H20N2S. The maximum absolute atomic E-state index is 2.59. The number of benzene rings is 3. The van der Waals surface area contributed by atoms with E-state index in [1.54, 1.807) is 0 Å². The molecule has 4 heterocycles. The molecule has 4 aromatic heterocycles. The Hall–Kier alpha value is -3.30. The van der Waals surface area contributed by atoms with Gasteiger partial charge in [0.05, 0.1) is 26.9 Å². The zero-order chi connectivity index (χ0) is 20.6. The number of rotatable bonds is 0. The van der Waals surface area contributed by atoms with Crippen molar-refractivity contribution in [2.75, 3.05) is 0 Å². The summed E-state index contributed by atoms with van der Waals surface area (Å²) in [5.74, 6) is 0. The monoisotopic (exact) mass is 416 g/mol. The quantitative estimate of drug-likeness (QED) is 0.240. The molecule has 0 bridgehead atoms. The van der Waals surface area contributed by atoms with E-state index in [0.717, 1.165) is 0 Å². The molecule has 148 valence electrons. The predicted molar refractivity (Wildman–Crippen MR) is 133 cm³/mol. The second-order valence-corrected chi connectivity index (χ2v) is 10.4. The van der Waals surface area contributed by atoms with Gasteiger partial charge in [0.25, 0.3) is 0 Å². The molecule has 0 fully saturated rings. The van der Waals surface area contributed by atoms with Gasteiger partial charge in [0.2, 0.25) is 0 Å². The summed E-state index contributed by atoms with van der Waals surface area (Å²) >= 11 is 1.86. The fraction of sp³-hybridized carbons (Fsp3) is 0.143. The average molecular weight is 417 g/mol. The van der Waals surface area contributed by atoms with Crippen LogP contribution in [0.25, 0.3) is 59.6 Å². The minimum Gasteiger partial charge on any atom is -0.344 e. The number of hydrogen-bond acceptors (Lipinski definition) is 1. The summed E-state index contributed by atoms with van der Waals surface area (Å²) in [4.78, 5) is 0. The Morgan fingerprint density at radius 1 is 0.774 bits per heavy atom. The lowest BCUT2D eigenvalue weighted by atomic mass is 9.81. The number of aromatic nitrogens is 2. The number of hydrogen-bond donors (Lipinski definition) is 0. The van der Waals surface area contributed by atoms with Crippen molar-refractivity contribution in [1.29, 1.82) is 0 Å². The van der Waals surface area contributed by atoms with Crippen LogP contribution in [0.15, 0.2) is 66.0 Å². The molecule has 2 nitrogen and oxygen atoms in total. The smallest absolute Gasteiger partial charge is 0.0650 e. The SMILES string of the molecule is Cn1c2cccc3c4c(n5c6ccsc6c6ccc1c(c32)c65)-c1ccccc1C4(C)C. The highest BCUT2D eigenvalue weighted by atomic mass is 32.1. The van der Waals surface area contributed by atoms with Gasteiger partial charge in [-0.3, -0.25) is 0 Å². The number of thiophene rings is 1. The first-order chi connectivity index (χ1) is 15.1. The van der Waals surface area contributed by atoms with E-state index in [4.69, 9.17) is 0 Å². The zero-order valence-corrected chi connectivity index (χ0v) is 18.5. The first-order valence-corrected chi connectivity index (χ1v) is 11.7. The summed E-state index contributed by atoms with van der Waals surface area (Å²) in [6, 6.07) is 22.8. The molecule has 7 aromatic rings. The molecule has 8 rings (SSSR count). The third kappa shape index (κ3) is 1.61. The zero-order valence-electron chi connectivity index (χ0n) is 17.7. The summed E-state index contributed by atoms with van der Waals surface area (Å²) < 4.78 is 6.35. The lowest BCUT2D eigenvalue weighted by Crippen LogP contribution is -2.15. The highest BCUT2D eigenvalue weighted by molar-refractivity contribution is 7.18. The van der Waals surface area contributed by atoms with E-state index in [-0.39, 0.29) is 5.41 Å². The van der Waals surface area contributed by atoms with E-state index in [9.17, 15) is 0 Å². The Kier molecular flexibility index (Phi) is 2.62. The summed E-state index contributed by atoms with van der Waals surface area (Å²) in [6.45, 7) is 4.79. The molecule has 0 saturated heterocycles. The minimum atomic E-state index is -0.0661. The summed E-state index contributed by atoms with van der Waals surface area (Å²) in [6.07, 6.45) is 0. The van der Waals surface area contributed by atoms with Crippen LogP contribution in [0.4, 0.5) is 0 Å². The van der Waals surface area contributed by atoms with E-state index < -0.39 is 0 Å². The molecule has 0 N–H and O–H groups in total. The van der Waals surface area contributed by atoms with E-state index in [1.165, 1.54) is 70.7 Å². The molecule has 0 atom stereocenters. The molecule has 31 heavy (non-hydrogen) atoms. The molecule has 1 aliphatic rings. The van der Waals surface area contributed by atoms with Gasteiger partial charge in [0, 0.05) is 39.7 Å². The normalized spacial score (nSPS) is 15.2. The van der Waals surface area contributed by atoms with Crippen molar-refractivity contribution >= 4 is 59.6 Å². The number of aryl methyl sites for hydroxylation is 1. The predicted octanol–water partition coefficient (Wildman–Crippen LogP) is 7.70. The Labute approximate surface area is 183 Å². The van der Waals surface area contributed by atoms with E-state index >= 15 is 0 Å². The van der Waals surface area contributed by atoms with Crippen LogP contribution in [0.3, 0.4) is 0 Å². The fourth-order valence-corrected chi connectivity index (χ4v) is 7.38. The Morgan fingerprint density at radius 3 is 2.52 bits per heavy atom. The van der Waals surface area contributed by atoms with Crippen molar-refractivity contribution < 1.29 is 0 Å². The van der Waals surface area contributed by atoms with Crippen molar-refractivity contribution in [3.8, 4) is 11.3 Å². The van der Waals surface area contributed by atoms with Gasteiger partial charge in [-0.25, -0.2) is 0 Å². The van der Waals surface area contributed by atoms with Crippen molar-refractivity contribution in [2.24, 2.45) is 7.05 Å². The Balaban J connectivity index is 1.87. The Bertz CT molecular complexity index is 1870. The third-order valence-electron chi connectivity index (χ3n) is 7.73. The maximum atomic E-state index is 2.59. The Morgan fingerprint density at radius 2 is 1.61 bits per heavy atom. The molecule has 0 radical (unpaired) electrons. The number of nitrogens with zero attached hydrogens (tertiary/aromatic N) is 2. The third-order valence-corrected chi connectivity index (χ3v) is 8.67. The van der Waals surface area contributed by atoms with Crippen LogP contribution in [0, 0.1) is 0 Å². The van der Waals surface area contributed by atoms with Crippen molar-refractivity contribution in [1.82, 2.24) is 8.97 Å². The van der Waals surface area contributed by atoms with E-state index in [2.05, 4.69) is 95.9 Å². The van der Waals surface area contributed by atoms with Crippen LogP contribution in [0.2, 0.25) is 0 Å². The number of fused-ring (bicyclic) bond motifs is 8. The molecule has 3 aromatic carbocycles. The lowest BCUT2D eigenvalue weighted by Gasteiger charge is -2.22. The minimum absolute atomic E-state index is 0.0661. The van der Waals surface area contributed by atoms with Gasteiger partial charge >= 0.3 is 0 Å². The molecule has 0 unspecified atom stereocenters. The largest absolute Gasteiger partial charge is 0.344 e. The molecule has 0 amide bonds. The molecule has 0 spiro atoms. The van der Waals surface area contributed by atoms with Crippen LogP contribution in [-0.4, -0.2) is 8.97 Å². The van der Waals surface area contributed by atoms with Crippen molar-refractivity contribution in [2.45, 2.75) is 19.3 Å². The van der Waals surface area contributed by atoms with Crippen LogP contribution < -0.4 is 0 Å². The van der Waals surface area contributed by atoms with Gasteiger partial charge in [-0.2, -0.15) is 0 Å². The molecule has 3 heteroatoms. The first-order valence-electron chi connectivity index (χ1n) is 10.9. The topological polar surface area (TPSA) is 9.34 Å².